The van der Waals surface area contributed by atoms with Crippen molar-refractivity contribution in [1.29, 1.82) is 0 Å². The first-order valence-electron chi connectivity index (χ1n) is 9.00. The number of hydrogen-bond donors (Lipinski definition) is 2. The van der Waals surface area contributed by atoms with E-state index >= 15 is 0 Å². The second-order valence-electron chi connectivity index (χ2n) is 6.50. The molecular formula is C20H20Cl2N6. The van der Waals surface area contributed by atoms with Crippen molar-refractivity contribution in [2.24, 2.45) is 0 Å². The third kappa shape index (κ3) is 3.79. The molecule has 3 N–H and O–H groups in total. The third-order valence-corrected chi connectivity index (χ3v) is 5.59. The summed E-state index contributed by atoms with van der Waals surface area (Å²) in [6.07, 6.45) is 1.51. The molecule has 1 aromatic heterocycles. The first-order chi connectivity index (χ1) is 13.6. The standard InChI is InChI=1S/C20H20Cl2N6/c21-15-7-4-8-16(17(15)22)26-19-18(23)20(25-13-24-19)28-11-9-27(10-12-28)14-5-2-1-3-6-14/h1-8,13H,9-12,23H2,(H,24,25,26). The summed E-state index contributed by atoms with van der Waals surface area (Å²) >= 11 is 12.4. The van der Waals surface area contributed by atoms with Crippen molar-refractivity contribution in [1.82, 2.24) is 9.97 Å². The van der Waals surface area contributed by atoms with Crippen LogP contribution in [0.25, 0.3) is 0 Å². The molecule has 6 nitrogen and oxygen atoms in total. The van der Waals surface area contributed by atoms with Gasteiger partial charge in [-0.15, -0.1) is 0 Å². The fraction of sp³-hybridized carbons (Fsp3) is 0.200. The van der Waals surface area contributed by atoms with E-state index < -0.39 is 0 Å². The molecule has 1 fully saturated rings. The lowest BCUT2D eigenvalue weighted by atomic mass is 10.2. The minimum atomic E-state index is 0.431. The summed E-state index contributed by atoms with van der Waals surface area (Å²) in [6, 6.07) is 15.8. The average Bonchev–Trinajstić information content (AvgIpc) is 2.74. The number of hydrogen-bond acceptors (Lipinski definition) is 6. The summed E-state index contributed by atoms with van der Waals surface area (Å²) in [5, 5.41) is 4.07. The molecule has 2 heterocycles. The molecular weight excluding hydrogens is 395 g/mol. The highest BCUT2D eigenvalue weighted by Gasteiger charge is 2.21. The van der Waals surface area contributed by atoms with E-state index in [2.05, 4.69) is 49.4 Å². The number of anilines is 5. The van der Waals surface area contributed by atoms with Crippen LogP contribution in [-0.4, -0.2) is 36.1 Å². The van der Waals surface area contributed by atoms with E-state index in [1.807, 2.05) is 18.2 Å². The summed E-state index contributed by atoms with van der Waals surface area (Å²) in [6.45, 7) is 3.45. The van der Waals surface area contributed by atoms with Gasteiger partial charge < -0.3 is 20.9 Å². The lowest BCUT2D eigenvalue weighted by Gasteiger charge is -2.37. The zero-order valence-corrected chi connectivity index (χ0v) is 16.7. The zero-order valence-electron chi connectivity index (χ0n) is 15.1. The highest BCUT2D eigenvalue weighted by Crippen LogP contribution is 2.34. The first kappa shape index (κ1) is 18.7. The molecule has 0 bridgehead atoms. The highest BCUT2D eigenvalue weighted by molar-refractivity contribution is 6.43. The number of para-hydroxylation sites is 1. The average molecular weight is 415 g/mol. The largest absolute Gasteiger partial charge is 0.393 e. The van der Waals surface area contributed by atoms with E-state index in [9.17, 15) is 0 Å². The number of benzene rings is 2. The van der Waals surface area contributed by atoms with E-state index in [0.29, 0.717) is 27.2 Å². The predicted octanol–water partition coefficient (Wildman–Crippen LogP) is 4.44. The van der Waals surface area contributed by atoms with E-state index in [4.69, 9.17) is 28.9 Å². The Morgan fingerprint density at radius 2 is 1.57 bits per heavy atom. The maximum Gasteiger partial charge on any atom is 0.159 e. The highest BCUT2D eigenvalue weighted by atomic mass is 35.5. The molecule has 4 rings (SSSR count). The summed E-state index contributed by atoms with van der Waals surface area (Å²) in [5.74, 6) is 1.24. The van der Waals surface area contributed by atoms with Crippen LogP contribution >= 0.6 is 23.2 Å². The molecule has 0 saturated carbocycles. The lowest BCUT2D eigenvalue weighted by Crippen LogP contribution is -2.47. The molecule has 0 unspecified atom stereocenters. The quantitative estimate of drug-likeness (QED) is 0.657. The maximum atomic E-state index is 6.38. The Kier molecular flexibility index (Phi) is 5.41. The molecule has 1 aliphatic rings. The van der Waals surface area contributed by atoms with Crippen LogP contribution in [-0.2, 0) is 0 Å². The molecule has 0 aliphatic carbocycles. The van der Waals surface area contributed by atoms with E-state index in [1.54, 1.807) is 6.07 Å². The Morgan fingerprint density at radius 1 is 0.857 bits per heavy atom. The second kappa shape index (κ2) is 8.12. The van der Waals surface area contributed by atoms with Crippen LogP contribution in [0.3, 0.4) is 0 Å². The van der Waals surface area contributed by atoms with Crippen LogP contribution in [0.15, 0.2) is 54.9 Å². The Bertz CT molecular complexity index is 958. The number of halogens is 2. The molecule has 2 aromatic carbocycles. The first-order valence-corrected chi connectivity index (χ1v) is 9.75. The van der Waals surface area contributed by atoms with Crippen molar-refractivity contribution in [3.63, 3.8) is 0 Å². The third-order valence-electron chi connectivity index (χ3n) is 4.77. The second-order valence-corrected chi connectivity index (χ2v) is 7.28. The summed E-state index contributed by atoms with van der Waals surface area (Å²) in [5.41, 5.74) is 8.75. The van der Waals surface area contributed by atoms with Crippen LogP contribution in [0.5, 0.6) is 0 Å². The van der Waals surface area contributed by atoms with Gasteiger partial charge in [0.25, 0.3) is 0 Å². The molecule has 1 aliphatic heterocycles. The molecule has 144 valence electrons. The topological polar surface area (TPSA) is 70.3 Å². The van der Waals surface area contributed by atoms with Gasteiger partial charge in [-0.1, -0.05) is 47.5 Å². The summed E-state index contributed by atoms with van der Waals surface area (Å²) in [4.78, 5) is 13.2. The number of nitrogens with zero attached hydrogens (tertiary/aromatic N) is 4. The van der Waals surface area contributed by atoms with Crippen molar-refractivity contribution >= 4 is 51.9 Å². The van der Waals surface area contributed by atoms with Gasteiger partial charge in [0.2, 0.25) is 0 Å². The molecule has 1 saturated heterocycles. The number of rotatable bonds is 4. The summed E-state index contributed by atoms with van der Waals surface area (Å²) in [7, 11) is 0. The van der Waals surface area contributed by atoms with Gasteiger partial charge in [-0.3, -0.25) is 0 Å². The monoisotopic (exact) mass is 414 g/mol. The Morgan fingerprint density at radius 3 is 2.32 bits per heavy atom. The van der Waals surface area contributed by atoms with Gasteiger partial charge in [-0.2, -0.15) is 0 Å². The van der Waals surface area contributed by atoms with Gasteiger partial charge in [0.05, 0.1) is 15.7 Å². The number of nitrogens with one attached hydrogen (secondary N) is 1. The van der Waals surface area contributed by atoms with Gasteiger partial charge in [0.15, 0.2) is 11.6 Å². The fourth-order valence-electron chi connectivity index (χ4n) is 3.28. The van der Waals surface area contributed by atoms with Crippen LogP contribution in [0.1, 0.15) is 0 Å². The van der Waals surface area contributed by atoms with Crippen LogP contribution in [0.4, 0.5) is 28.7 Å². The van der Waals surface area contributed by atoms with E-state index in [-0.39, 0.29) is 0 Å². The van der Waals surface area contributed by atoms with Crippen LogP contribution in [0, 0.1) is 0 Å². The Labute approximate surface area is 173 Å². The van der Waals surface area contributed by atoms with Crippen molar-refractivity contribution in [2.75, 3.05) is 47.0 Å². The van der Waals surface area contributed by atoms with Gasteiger partial charge in [-0.05, 0) is 24.3 Å². The minimum absolute atomic E-state index is 0.431. The van der Waals surface area contributed by atoms with Crippen molar-refractivity contribution in [3.05, 3.63) is 64.9 Å². The normalized spacial score (nSPS) is 14.2. The number of aromatic nitrogens is 2. The Balaban J connectivity index is 1.50. The van der Waals surface area contributed by atoms with E-state index in [1.165, 1.54) is 12.0 Å². The van der Waals surface area contributed by atoms with Crippen LogP contribution in [0.2, 0.25) is 10.0 Å². The van der Waals surface area contributed by atoms with Gasteiger partial charge >= 0.3 is 0 Å². The molecule has 0 spiro atoms. The van der Waals surface area contributed by atoms with Crippen molar-refractivity contribution < 1.29 is 0 Å². The summed E-state index contributed by atoms with van der Waals surface area (Å²) < 4.78 is 0. The predicted molar refractivity (Wildman–Crippen MR) is 117 cm³/mol. The number of piperazine rings is 1. The molecule has 0 atom stereocenters. The molecule has 0 amide bonds. The SMILES string of the molecule is Nc1c(Nc2cccc(Cl)c2Cl)ncnc1N1CCN(c2ccccc2)CC1. The maximum absolute atomic E-state index is 6.38. The number of nitrogen functional groups attached to an aromatic ring is 1. The lowest BCUT2D eigenvalue weighted by molar-refractivity contribution is 0.647. The van der Waals surface area contributed by atoms with Gasteiger partial charge in [0, 0.05) is 31.9 Å². The molecule has 3 aromatic rings. The molecule has 0 radical (unpaired) electrons. The fourth-order valence-corrected chi connectivity index (χ4v) is 3.63. The smallest absolute Gasteiger partial charge is 0.159 e. The zero-order chi connectivity index (χ0) is 19.5. The van der Waals surface area contributed by atoms with Crippen LogP contribution < -0.4 is 20.9 Å². The minimum Gasteiger partial charge on any atom is -0.393 e. The van der Waals surface area contributed by atoms with Gasteiger partial charge in [0.1, 0.15) is 12.0 Å². The molecule has 28 heavy (non-hydrogen) atoms. The molecule has 8 heteroatoms. The number of nitrogens with two attached hydrogens (primary N) is 1. The van der Waals surface area contributed by atoms with E-state index in [0.717, 1.165) is 32.0 Å². The van der Waals surface area contributed by atoms with Gasteiger partial charge in [-0.25, -0.2) is 9.97 Å². The Hall–Kier alpha value is -2.70. The van der Waals surface area contributed by atoms with Crippen molar-refractivity contribution in [3.8, 4) is 0 Å². The van der Waals surface area contributed by atoms with Crippen molar-refractivity contribution in [2.45, 2.75) is 0 Å².